The average molecular weight is 247 g/mol. The van der Waals surface area contributed by atoms with Crippen molar-refractivity contribution in [1.29, 1.82) is 0 Å². The van der Waals surface area contributed by atoms with Crippen LogP contribution in [0, 0.1) is 13.8 Å². The van der Waals surface area contributed by atoms with Crippen molar-refractivity contribution >= 4 is 28.1 Å². The van der Waals surface area contributed by atoms with E-state index in [-0.39, 0.29) is 5.54 Å². The molecular weight excluding hydrogens is 232 g/mol. The molecule has 1 fully saturated rings. The fraction of sp³-hybridized carbons (Fsp3) is 0.700. The predicted octanol–water partition coefficient (Wildman–Crippen LogP) is 2.57. The van der Waals surface area contributed by atoms with Crippen LogP contribution in [0.3, 0.4) is 0 Å². The lowest BCUT2D eigenvalue weighted by Crippen LogP contribution is -2.40. The van der Waals surface area contributed by atoms with Crippen molar-refractivity contribution in [2.45, 2.75) is 25.8 Å². The van der Waals surface area contributed by atoms with Gasteiger partial charge in [0.05, 0.1) is 17.8 Å². The van der Waals surface area contributed by atoms with Crippen molar-refractivity contribution in [3.63, 3.8) is 0 Å². The van der Waals surface area contributed by atoms with Gasteiger partial charge in [0.1, 0.15) is 0 Å². The SMILES string of the molecule is Cc1nc(NC2(CCl)CCOC2)sc1C. The highest BCUT2D eigenvalue weighted by molar-refractivity contribution is 7.15. The highest BCUT2D eigenvalue weighted by Gasteiger charge is 2.34. The maximum atomic E-state index is 6.00. The number of rotatable bonds is 3. The molecule has 1 aromatic rings. The van der Waals surface area contributed by atoms with Crippen LogP contribution in [-0.2, 0) is 4.74 Å². The minimum Gasteiger partial charge on any atom is -0.379 e. The molecular formula is C10H15ClN2OS. The van der Waals surface area contributed by atoms with Crippen molar-refractivity contribution in [3.05, 3.63) is 10.6 Å². The number of hydrogen-bond donors (Lipinski definition) is 1. The van der Waals surface area contributed by atoms with E-state index < -0.39 is 0 Å². The summed E-state index contributed by atoms with van der Waals surface area (Å²) in [5.74, 6) is 0.560. The summed E-state index contributed by atoms with van der Waals surface area (Å²) in [7, 11) is 0. The molecule has 0 bridgehead atoms. The molecule has 1 atom stereocenters. The van der Waals surface area contributed by atoms with E-state index in [9.17, 15) is 0 Å². The zero-order valence-electron chi connectivity index (χ0n) is 8.97. The summed E-state index contributed by atoms with van der Waals surface area (Å²) in [4.78, 5) is 5.71. The van der Waals surface area contributed by atoms with Gasteiger partial charge < -0.3 is 10.1 Å². The van der Waals surface area contributed by atoms with Gasteiger partial charge in [-0.15, -0.1) is 22.9 Å². The maximum absolute atomic E-state index is 6.00. The number of nitrogens with zero attached hydrogens (tertiary/aromatic N) is 1. The molecule has 1 saturated heterocycles. The highest BCUT2D eigenvalue weighted by atomic mass is 35.5. The molecule has 0 radical (unpaired) electrons. The highest BCUT2D eigenvalue weighted by Crippen LogP contribution is 2.29. The van der Waals surface area contributed by atoms with Gasteiger partial charge in [0.2, 0.25) is 0 Å². The number of aromatic nitrogens is 1. The smallest absolute Gasteiger partial charge is 0.183 e. The maximum Gasteiger partial charge on any atom is 0.183 e. The zero-order chi connectivity index (χ0) is 10.9. The first-order valence-corrected chi connectivity index (χ1v) is 6.36. The van der Waals surface area contributed by atoms with Crippen LogP contribution in [0.25, 0.3) is 0 Å². The number of hydrogen-bond acceptors (Lipinski definition) is 4. The summed E-state index contributed by atoms with van der Waals surface area (Å²) in [6.07, 6.45) is 0.953. The Kier molecular flexibility index (Phi) is 3.19. The number of aryl methyl sites for hydroxylation is 2. The second-order valence-electron chi connectivity index (χ2n) is 4.00. The Morgan fingerprint density at radius 3 is 2.87 bits per heavy atom. The van der Waals surface area contributed by atoms with Gasteiger partial charge in [-0.1, -0.05) is 0 Å². The largest absolute Gasteiger partial charge is 0.379 e. The molecule has 5 heteroatoms. The van der Waals surface area contributed by atoms with Crippen LogP contribution >= 0.6 is 22.9 Å². The van der Waals surface area contributed by atoms with Crippen molar-refractivity contribution in [2.24, 2.45) is 0 Å². The summed E-state index contributed by atoms with van der Waals surface area (Å²) in [5, 5.41) is 4.37. The lowest BCUT2D eigenvalue weighted by atomic mass is 10.0. The molecule has 1 aliphatic heterocycles. The van der Waals surface area contributed by atoms with Crippen molar-refractivity contribution in [1.82, 2.24) is 4.98 Å². The van der Waals surface area contributed by atoms with Crippen molar-refractivity contribution in [3.8, 4) is 0 Å². The Bertz CT molecular complexity index is 328. The van der Waals surface area contributed by atoms with Gasteiger partial charge >= 0.3 is 0 Å². The van der Waals surface area contributed by atoms with E-state index in [0.717, 1.165) is 23.9 Å². The Morgan fingerprint density at radius 2 is 2.40 bits per heavy atom. The van der Waals surface area contributed by atoms with E-state index in [4.69, 9.17) is 16.3 Å². The molecule has 1 aromatic heterocycles. The fourth-order valence-corrected chi connectivity index (χ4v) is 2.81. The summed E-state index contributed by atoms with van der Waals surface area (Å²) < 4.78 is 5.39. The standard InChI is InChI=1S/C10H15ClN2OS/c1-7-8(2)15-9(12-7)13-10(5-11)3-4-14-6-10/h3-6H2,1-2H3,(H,12,13). The molecule has 0 aliphatic carbocycles. The summed E-state index contributed by atoms with van der Waals surface area (Å²) >= 11 is 7.67. The van der Waals surface area contributed by atoms with Crippen LogP contribution in [0.2, 0.25) is 0 Å². The number of alkyl halides is 1. The number of nitrogens with one attached hydrogen (secondary N) is 1. The molecule has 15 heavy (non-hydrogen) atoms. The normalized spacial score (nSPS) is 25.8. The van der Waals surface area contributed by atoms with Crippen LogP contribution < -0.4 is 5.32 Å². The molecule has 0 aromatic carbocycles. The molecule has 0 amide bonds. The molecule has 84 valence electrons. The van der Waals surface area contributed by atoms with Crippen molar-refractivity contribution < 1.29 is 4.74 Å². The summed E-state index contributed by atoms with van der Waals surface area (Å²) in [6.45, 7) is 5.56. The lowest BCUT2D eigenvalue weighted by Gasteiger charge is -2.25. The molecule has 3 nitrogen and oxygen atoms in total. The van der Waals surface area contributed by atoms with E-state index >= 15 is 0 Å². The third-order valence-corrected chi connectivity index (χ3v) is 4.26. The molecule has 1 N–H and O–H groups in total. The second kappa shape index (κ2) is 4.28. The Morgan fingerprint density at radius 1 is 1.60 bits per heavy atom. The van der Waals surface area contributed by atoms with Crippen LogP contribution in [0.15, 0.2) is 0 Å². The van der Waals surface area contributed by atoms with Crippen LogP contribution in [0.4, 0.5) is 5.13 Å². The van der Waals surface area contributed by atoms with E-state index in [1.54, 1.807) is 11.3 Å². The molecule has 0 saturated carbocycles. The zero-order valence-corrected chi connectivity index (χ0v) is 10.5. The third-order valence-electron chi connectivity index (χ3n) is 2.76. The van der Waals surface area contributed by atoms with Gasteiger partial charge in [-0.2, -0.15) is 0 Å². The van der Waals surface area contributed by atoms with E-state index in [0.29, 0.717) is 12.5 Å². The molecule has 2 heterocycles. The van der Waals surface area contributed by atoms with Crippen LogP contribution in [0.1, 0.15) is 17.0 Å². The lowest BCUT2D eigenvalue weighted by molar-refractivity contribution is 0.185. The minimum absolute atomic E-state index is 0.113. The van der Waals surface area contributed by atoms with Crippen molar-refractivity contribution in [2.75, 3.05) is 24.4 Å². The van der Waals surface area contributed by atoms with Gasteiger partial charge in [-0.3, -0.25) is 0 Å². The number of halogens is 1. The van der Waals surface area contributed by atoms with E-state index in [1.807, 2.05) is 6.92 Å². The van der Waals surface area contributed by atoms with Gasteiger partial charge in [0, 0.05) is 17.4 Å². The topological polar surface area (TPSA) is 34.2 Å². The average Bonchev–Trinajstić information content (AvgIpc) is 2.77. The van der Waals surface area contributed by atoms with Gasteiger partial charge in [0.25, 0.3) is 0 Å². The molecule has 1 aliphatic rings. The number of thiazole rings is 1. The Hall–Kier alpha value is -0.320. The first-order chi connectivity index (χ1) is 7.15. The molecule has 0 spiro atoms. The first kappa shape index (κ1) is 11.2. The first-order valence-electron chi connectivity index (χ1n) is 5.01. The molecule has 2 rings (SSSR count). The van der Waals surface area contributed by atoms with Gasteiger partial charge in [-0.05, 0) is 20.3 Å². The summed E-state index contributed by atoms with van der Waals surface area (Å²) in [6, 6.07) is 0. The minimum atomic E-state index is -0.113. The Labute approximate surface area is 98.8 Å². The van der Waals surface area contributed by atoms with E-state index in [2.05, 4.69) is 17.2 Å². The second-order valence-corrected chi connectivity index (χ2v) is 5.47. The quantitative estimate of drug-likeness (QED) is 0.833. The predicted molar refractivity (Wildman–Crippen MR) is 64.1 cm³/mol. The van der Waals surface area contributed by atoms with E-state index in [1.165, 1.54) is 4.88 Å². The van der Waals surface area contributed by atoms with Crippen LogP contribution in [0.5, 0.6) is 0 Å². The third kappa shape index (κ3) is 2.27. The number of ether oxygens (including phenoxy) is 1. The van der Waals surface area contributed by atoms with Gasteiger partial charge in [0.15, 0.2) is 5.13 Å². The van der Waals surface area contributed by atoms with Crippen LogP contribution in [-0.4, -0.2) is 29.6 Å². The Balaban J connectivity index is 2.12. The summed E-state index contributed by atoms with van der Waals surface area (Å²) in [5.41, 5.74) is 0.976. The van der Waals surface area contributed by atoms with Gasteiger partial charge in [-0.25, -0.2) is 4.98 Å². The fourth-order valence-electron chi connectivity index (χ4n) is 1.60. The monoisotopic (exact) mass is 246 g/mol. The molecule has 1 unspecified atom stereocenters. The number of anilines is 1.